The zero-order valence-electron chi connectivity index (χ0n) is 11.2. The third-order valence-corrected chi connectivity index (χ3v) is 5.17. The highest BCUT2D eigenvalue weighted by molar-refractivity contribution is 7.93. The van der Waals surface area contributed by atoms with Gasteiger partial charge < -0.3 is 5.32 Å². The lowest BCUT2D eigenvalue weighted by Gasteiger charge is -2.18. The van der Waals surface area contributed by atoms with Crippen molar-refractivity contribution in [1.29, 1.82) is 0 Å². The highest BCUT2D eigenvalue weighted by Crippen LogP contribution is 2.15. The molecule has 0 aliphatic carbocycles. The Morgan fingerprint density at radius 1 is 1.21 bits per heavy atom. The van der Waals surface area contributed by atoms with Crippen molar-refractivity contribution in [2.75, 3.05) is 5.75 Å². The maximum atomic E-state index is 12.7. The van der Waals surface area contributed by atoms with E-state index in [0.29, 0.717) is 5.56 Å². The minimum atomic E-state index is -3.48. The van der Waals surface area contributed by atoms with E-state index in [1.807, 2.05) is 0 Å². The predicted octanol–water partition coefficient (Wildman–Crippen LogP) is 1.66. The molecule has 1 N–H and O–H groups in total. The molecule has 1 aromatic carbocycles. The molecule has 0 saturated carbocycles. The summed E-state index contributed by atoms with van der Waals surface area (Å²) in [6.07, 6.45) is 0. The molecule has 0 bridgehead atoms. The van der Waals surface area contributed by atoms with Gasteiger partial charge in [-0.05, 0) is 38.5 Å². The molecule has 0 fully saturated rings. The van der Waals surface area contributed by atoms with Gasteiger partial charge in [-0.3, -0.25) is 4.79 Å². The van der Waals surface area contributed by atoms with Gasteiger partial charge in [0.05, 0.1) is 4.75 Å². The fraction of sp³-hybridized carbons (Fsp3) is 0.462. The van der Waals surface area contributed by atoms with Crippen LogP contribution in [0.5, 0.6) is 0 Å². The van der Waals surface area contributed by atoms with Gasteiger partial charge in [0.2, 0.25) is 5.91 Å². The van der Waals surface area contributed by atoms with Crippen molar-refractivity contribution in [3.05, 3.63) is 35.6 Å². The van der Waals surface area contributed by atoms with E-state index in [1.54, 1.807) is 20.8 Å². The van der Waals surface area contributed by atoms with Crippen molar-refractivity contribution >= 4 is 15.7 Å². The van der Waals surface area contributed by atoms with Gasteiger partial charge in [0.25, 0.3) is 0 Å². The number of carbonyl (C=O) groups excluding carboxylic acids is 1. The van der Waals surface area contributed by atoms with Crippen LogP contribution in [0, 0.1) is 5.82 Å². The molecule has 4 nitrogen and oxygen atoms in total. The van der Waals surface area contributed by atoms with Gasteiger partial charge in [0.1, 0.15) is 11.6 Å². The molecule has 0 aliphatic heterocycles. The van der Waals surface area contributed by atoms with E-state index in [4.69, 9.17) is 0 Å². The van der Waals surface area contributed by atoms with Crippen LogP contribution in [-0.2, 0) is 21.2 Å². The SMILES string of the molecule is CC(C)(C)S(=O)(=O)CC(=O)NCc1ccc(F)cc1. The summed E-state index contributed by atoms with van der Waals surface area (Å²) in [6.45, 7) is 4.83. The first-order valence-electron chi connectivity index (χ1n) is 5.85. The lowest BCUT2D eigenvalue weighted by atomic mass is 10.2. The monoisotopic (exact) mass is 287 g/mol. The maximum absolute atomic E-state index is 12.7. The number of hydrogen-bond donors (Lipinski definition) is 1. The molecule has 106 valence electrons. The highest BCUT2D eigenvalue weighted by Gasteiger charge is 2.31. The molecule has 0 unspecified atom stereocenters. The van der Waals surface area contributed by atoms with Crippen LogP contribution in [0.15, 0.2) is 24.3 Å². The Labute approximate surface area is 112 Å². The molecule has 0 heterocycles. The number of rotatable bonds is 4. The third-order valence-electron chi connectivity index (χ3n) is 2.66. The largest absolute Gasteiger partial charge is 0.351 e. The van der Waals surface area contributed by atoms with Crippen LogP contribution >= 0.6 is 0 Å². The van der Waals surface area contributed by atoms with E-state index in [9.17, 15) is 17.6 Å². The van der Waals surface area contributed by atoms with Crippen LogP contribution in [0.3, 0.4) is 0 Å². The molecule has 1 aromatic rings. The van der Waals surface area contributed by atoms with Gasteiger partial charge in [0, 0.05) is 6.54 Å². The van der Waals surface area contributed by atoms with Crippen molar-refractivity contribution < 1.29 is 17.6 Å². The van der Waals surface area contributed by atoms with Crippen LogP contribution in [0.4, 0.5) is 4.39 Å². The first-order valence-corrected chi connectivity index (χ1v) is 7.50. The minimum absolute atomic E-state index is 0.179. The Kier molecular flexibility index (Phi) is 4.68. The highest BCUT2D eigenvalue weighted by atomic mass is 32.2. The van der Waals surface area contributed by atoms with Crippen LogP contribution in [-0.4, -0.2) is 24.8 Å². The average Bonchev–Trinajstić information content (AvgIpc) is 2.26. The Bertz CT molecular complexity index is 544. The van der Waals surface area contributed by atoms with Gasteiger partial charge in [0.15, 0.2) is 9.84 Å². The Balaban J connectivity index is 2.56. The zero-order valence-corrected chi connectivity index (χ0v) is 12.1. The lowest BCUT2D eigenvalue weighted by Crippen LogP contribution is -2.38. The van der Waals surface area contributed by atoms with Crippen molar-refractivity contribution in [3.63, 3.8) is 0 Å². The average molecular weight is 287 g/mol. The van der Waals surface area contributed by atoms with Crippen molar-refractivity contribution in [3.8, 4) is 0 Å². The van der Waals surface area contributed by atoms with Gasteiger partial charge in [-0.15, -0.1) is 0 Å². The molecule has 19 heavy (non-hydrogen) atoms. The van der Waals surface area contributed by atoms with Gasteiger partial charge in [-0.2, -0.15) is 0 Å². The fourth-order valence-electron chi connectivity index (χ4n) is 1.24. The van der Waals surface area contributed by atoms with Crippen LogP contribution in [0.2, 0.25) is 0 Å². The summed E-state index contributed by atoms with van der Waals surface area (Å²) in [6, 6.07) is 5.64. The first kappa shape index (κ1) is 15.6. The molecule has 0 aromatic heterocycles. The number of halogens is 1. The van der Waals surface area contributed by atoms with E-state index >= 15 is 0 Å². The summed E-state index contributed by atoms with van der Waals surface area (Å²) in [5, 5.41) is 2.51. The Hall–Kier alpha value is -1.43. The molecule has 0 saturated heterocycles. The van der Waals surface area contributed by atoms with Crippen LogP contribution < -0.4 is 5.32 Å². The number of benzene rings is 1. The number of sulfone groups is 1. The molecule has 0 aliphatic rings. The summed E-state index contributed by atoms with van der Waals surface area (Å²) in [7, 11) is -3.48. The molecular weight excluding hydrogens is 269 g/mol. The van der Waals surface area contributed by atoms with Gasteiger partial charge in [-0.25, -0.2) is 12.8 Å². The smallest absolute Gasteiger partial charge is 0.235 e. The lowest BCUT2D eigenvalue weighted by molar-refractivity contribution is -0.118. The van der Waals surface area contributed by atoms with E-state index < -0.39 is 26.2 Å². The summed E-state index contributed by atoms with van der Waals surface area (Å²) in [5.74, 6) is -1.46. The Morgan fingerprint density at radius 3 is 2.21 bits per heavy atom. The summed E-state index contributed by atoms with van der Waals surface area (Å²) in [4.78, 5) is 11.6. The summed E-state index contributed by atoms with van der Waals surface area (Å²) in [5.41, 5.74) is 0.711. The van der Waals surface area contributed by atoms with E-state index in [1.165, 1.54) is 24.3 Å². The molecule has 6 heteroatoms. The third kappa shape index (κ3) is 4.63. The predicted molar refractivity (Wildman–Crippen MR) is 71.8 cm³/mol. The van der Waals surface area contributed by atoms with E-state index in [0.717, 1.165) is 0 Å². The number of carbonyl (C=O) groups is 1. The second kappa shape index (κ2) is 5.69. The maximum Gasteiger partial charge on any atom is 0.235 e. The second-order valence-electron chi connectivity index (χ2n) is 5.27. The van der Waals surface area contributed by atoms with Crippen LogP contribution in [0.1, 0.15) is 26.3 Å². The topological polar surface area (TPSA) is 63.2 Å². The number of nitrogens with one attached hydrogen (secondary N) is 1. The molecule has 1 amide bonds. The zero-order chi connectivity index (χ0) is 14.7. The van der Waals surface area contributed by atoms with Crippen molar-refractivity contribution in [1.82, 2.24) is 5.32 Å². The molecule has 1 rings (SSSR count). The summed E-state index contributed by atoms with van der Waals surface area (Å²) >= 11 is 0. The molecule has 0 spiro atoms. The van der Waals surface area contributed by atoms with Gasteiger partial charge in [-0.1, -0.05) is 12.1 Å². The molecular formula is C13H18FNO3S. The minimum Gasteiger partial charge on any atom is -0.351 e. The first-order chi connectivity index (χ1) is 8.62. The number of amides is 1. The fourth-order valence-corrected chi connectivity index (χ4v) is 2.12. The van der Waals surface area contributed by atoms with Gasteiger partial charge >= 0.3 is 0 Å². The number of hydrogen-bond acceptors (Lipinski definition) is 3. The molecule has 0 atom stereocenters. The van der Waals surface area contributed by atoms with Crippen molar-refractivity contribution in [2.45, 2.75) is 32.1 Å². The second-order valence-corrected chi connectivity index (χ2v) is 8.02. The summed E-state index contributed by atoms with van der Waals surface area (Å²) < 4.78 is 35.3. The standard InChI is InChI=1S/C13H18FNO3S/c1-13(2,3)19(17,18)9-12(16)15-8-10-4-6-11(14)7-5-10/h4-7H,8-9H2,1-3H3,(H,15,16). The van der Waals surface area contributed by atoms with Crippen LogP contribution in [0.25, 0.3) is 0 Å². The normalized spacial score (nSPS) is 12.2. The molecule has 0 radical (unpaired) electrons. The van der Waals surface area contributed by atoms with Crippen molar-refractivity contribution in [2.24, 2.45) is 0 Å². The quantitative estimate of drug-likeness (QED) is 0.916. The van der Waals surface area contributed by atoms with E-state index in [-0.39, 0.29) is 12.4 Å². The Morgan fingerprint density at radius 2 is 1.74 bits per heavy atom. The van der Waals surface area contributed by atoms with E-state index in [2.05, 4.69) is 5.32 Å².